The molecule has 0 fully saturated rings. The largest absolute Gasteiger partial charge is 0.348 e. The highest BCUT2D eigenvalue weighted by atomic mass is 32.2. The van der Waals surface area contributed by atoms with Gasteiger partial charge in [0.15, 0.2) is 11.4 Å². The van der Waals surface area contributed by atoms with Crippen molar-refractivity contribution in [2.45, 2.75) is 19.3 Å². The summed E-state index contributed by atoms with van der Waals surface area (Å²) in [5, 5.41) is 11.7. The molecule has 0 radical (unpaired) electrons. The molecule has 0 aromatic carbocycles. The molecule has 1 heterocycles. The fourth-order valence-electron chi connectivity index (χ4n) is 1.23. The normalized spacial score (nSPS) is 11.1. The number of nitrogens with one attached hydrogen (secondary N) is 2. The molecule has 0 unspecified atom stereocenters. The minimum atomic E-state index is 0.684. The van der Waals surface area contributed by atoms with Crippen LogP contribution in [0.4, 0.5) is 0 Å². The highest BCUT2D eigenvalue weighted by Gasteiger charge is 1.95. The van der Waals surface area contributed by atoms with Gasteiger partial charge in [-0.25, -0.2) is 4.98 Å². The summed E-state index contributed by atoms with van der Waals surface area (Å²) < 4.78 is 0. The zero-order valence-electron chi connectivity index (χ0n) is 9.23. The third-order valence-electron chi connectivity index (χ3n) is 2.02. The van der Waals surface area contributed by atoms with E-state index < -0.39 is 0 Å². The number of imidazole rings is 1. The van der Waals surface area contributed by atoms with Gasteiger partial charge in [-0.3, -0.25) is 10.3 Å². The van der Waals surface area contributed by atoms with E-state index in [0.717, 1.165) is 31.5 Å². The fraction of sp³-hybridized carbons (Fsp3) is 0.500. The molecule has 6 heteroatoms. The summed E-state index contributed by atoms with van der Waals surface area (Å²) in [5.74, 6) is 0. The molecule has 2 N–H and O–H groups in total. The van der Waals surface area contributed by atoms with Crippen LogP contribution < -0.4 is 5.32 Å². The van der Waals surface area contributed by atoms with E-state index in [-0.39, 0.29) is 0 Å². The number of nitriles is 1. The average molecular weight is 237 g/mol. The lowest BCUT2D eigenvalue weighted by molar-refractivity contribution is 0.736. The van der Waals surface area contributed by atoms with E-state index in [0.29, 0.717) is 5.17 Å². The molecule has 0 aliphatic carbocycles. The Balaban J connectivity index is 2.13. The number of aromatic amines is 1. The zero-order valence-corrected chi connectivity index (χ0v) is 10.0. The maximum Gasteiger partial charge on any atom is 0.183 e. The maximum absolute atomic E-state index is 8.43. The number of hydrogen-bond donors (Lipinski definition) is 2. The van der Waals surface area contributed by atoms with Crippen molar-refractivity contribution >= 4 is 16.9 Å². The highest BCUT2D eigenvalue weighted by Crippen LogP contribution is 2.01. The van der Waals surface area contributed by atoms with Gasteiger partial charge in [-0.2, -0.15) is 5.26 Å². The van der Waals surface area contributed by atoms with Gasteiger partial charge in [-0.15, -0.1) is 0 Å². The van der Waals surface area contributed by atoms with Gasteiger partial charge < -0.3 is 4.98 Å². The van der Waals surface area contributed by atoms with Crippen molar-refractivity contribution in [1.82, 2.24) is 15.3 Å². The predicted octanol–water partition coefficient (Wildman–Crippen LogP) is 1.52. The molecular formula is C10H15N5S. The summed E-state index contributed by atoms with van der Waals surface area (Å²) >= 11 is 1.45. The second-order valence-electron chi connectivity index (χ2n) is 3.16. The molecule has 0 atom stereocenters. The van der Waals surface area contributed by atoms with E-state index in [4.69, 9.17) is 5.26 Å². The van der Waals surface area contributed by atoms with Crippen LogP contribution >= 0.6 is 11.8 Å². The number of unbranched alkanes of at least 4 members (excludes halogenated alkanes) is 1. The molecule has 0 aliphatic rings. The predicted molar refractivity (Wildman–Crippen MR) is 66.1 cm³/mol. The Bertz CT molecular complexity index is 352. The lowest BCUT2D eigenvalue weighted by Gasteiger charge is -1.99. The average Bonchev–Trinajstić information content (AvgIpc) is 2.80. The summed E-state index contributed by atoms with van der Waals surface area (Å²) in [6.07, 6.45) is 10.4. The Labute approximate surface area is 99.4 Å². The monoisotopic (exact) mass is 237 g/mol. The highest BCUT2D eigenvalue weighted by molar-refractivity contribution is 8.13. The first-order valence-corrected chi connectivity index (χ1v) is 6.30. The van der Waals surface area contributed by atoms with Crippen LogP contribution in [-0.4, -0.2) is 27.9 Å². The number of aromatic nitrogens is 2. The van der Waals surface area contributed by atoms with E-state index in [1.54, 1.807) is 6.33 Å². The second-order valence-corrected chi connectivity index (χ2v) is 3.96. The molecule has 0 amide bonds. The van der Waals surface area contributed by atoms with Crippen LogP contribution in [0, 0.1) is 11.5 Å². The van der Waals surface area contributed by atoms with Crippen LogP contribution in [-0.2, 0) is 6.42 Å². The lowest BCUT2D eigenvalue weighted by Crippen LogP contribution is -2.13. The van der Waals surface area contributed by atoms with Crippen molar-refractivity contribution in [2.75, 3.05) is 12.8 Å². The first kappa shape index (κ1) is 12.6. The van der Waals surface area contributed by atoms with Gasteiger partial charge in [-0.1, -0.05) is 11.8 Å². The Kier molecular flexibility index (Phi) is 6.11. The van der Waals surface area contributed by atoms with Gasteiger partial charge in [0.1, 0.15) is 0 Å². The number of thioether (sulfide) groups is 1. The van der Waals surface area contributed by atoms with Crippen LogP contribution in [0.2, 0.25) is 0 Å². The first-order chi connectivity index (χ1) is 7.86. The molecule has 0 spiro atoms. The molecule has 0 aliphatic heterocycles. The van der Waals surface area contributed by atoms with Crippen molar-refractivity contribution in [3.05, 3.63) is 18.2 Å². The smallest absolute Gasteiger partial charge is 0.183 e. The van der Waals surface area contributed by atoms with E-state index >= 15 is 0 Å². The Morgan fingerprint density at radius 3 is 3.19 bits per heavy atom. The number of aliphatic imine (C=N–C) groups is 1. The maximum atomic E-state index is 8.43. The van der Waals surface area contributed by atoms with Gasteiger partial charge in [0.25, 0.3) is 0 Å². The molecular weight excluding hydrogens is 222 g/mol. The summed E-state index contributed by atoms with van der Waals surface area (Å²) in [5.41, 5.74) is 1.16. The van der Waals surface area contributed by atoms with Crippen LogP contribution in [0.5, 0.6) is 0 Å². The number of H-pyrrole nitrogens is 1. The quantitative estimate of drug-likeness (QED) is 0.268. The molecule has 0 saturated carbocycles. The third-order valence-corrected chi connectivity index (χ3v) is 2.64. The SMILES string of the molecule is CSC(=NCCCCc1cnc[nH]1)NC#N. The molecule has 1 aromatic heterocycles. The van der Waals surface area contributed by atoms with Crippen LogP contribution in [0.15, 0.2) is 17.5 Å². The van der Waals surface area contributed by atoms with Crippen molar-refractivity contribution < 1.29 is 0 Å². The van der Waals surface area contributed by atoms with Crippen molar-refractivity contribution in [3.8, 4) is 6.19 Å². The summed E-state index contributed by atoms with van der Waals surface area (Å²) in [6, 6.07) is 0. The van der Waals surface area contributed by atoms with Gasteiger partial charge in [-0.05, 0) is 25.5 Å². The first-order valence-electron chi connectivity index (χ1n) is 5.07. The second kappa shape index (κ2) is 7.77. The fourth-order valence-corrected chi connectivity index (χ4v) is 1.60. The molecule has 16 heavy (non-hydrogen) atoms. The molecule has 0 bridgehead atoms. The summed E-state index contributed by atoms with van der Waals surface area (Å²) in [6.45, 7) is 0.749. The molecule has 86 valence electrons. The number of hydrogen-bond acceptors (Lipinski definition) is 4. The standard InChI is InChI=1S/C10H15N5S/c1-16-10(14-7-11)13-5-3-2-4-9-6-12-8-15-9/h6,8H,2-5H2,1H3,(H,12,15)(H,13,14). The van der Waals surface area contributed by atoms with Crippen molar-refractivity contribution in [2.24, 2.45) is 4.99 Å². The van der Waals surface area contributed by atoms with Gasteiger partial charge in [0, 0.05) is 18.4 Å². The number of nitrogens with zero attached hydrogens (tertiary/aromatic N) is 3. The van der Waals surface area contributed by atoms with E-state index in [2.05, 4.69) is 20.3 Å². The summed E-state index contributed by atoms with van der Waals surface area (Å²) in [7, 11) is 0. The minimum absolute atomic E-state index is 0.684. The van der Waals surface area contributed by atoms with Crippen LogP contribution in [0.3, 0.4) is 0 Å². The topological polar surface area (TPSA) is 76.9 Å². The number of rotatable bonds is 5. The van der Waals surface area contributed by atoms with E-state index in [1.807, 2.05) is 18.6 Å². The van der Waals surface area contributed by atoms with E-state index in [9.17, 15) is 0 Å². The van der Waals surface area contributed by atoms with Crippen LogP contribution in [0.1, 0.15) is 18.5 Å². The number of amidine groups is 1. The Hall–Kier alpha value is -1.48. The molecule has 1 rings (SSSR count). The van der Waals surface area contributed by atoms with Crippen molar-refractivity contribution in [3.63, 3.8) is 0 Å². The lowest BCUT2D eigenvalue weighted by atomic mass is 10.2. The molecule has 0 saturated heterocycles. The van der Waals surface area contributed by atoms with E-state index in [1.165, 1.54) is 11.8 Å². The Morgan fingerprint density at radius 2 is 2.56 bits per heavy atom. The minimum Gasteiger partial charge on any atom is -0.348 e. The summed E-state index contributed by atoms with van der Waals surface area (Å²) in [4.78, 5) is 11.3. The van der Waals surface area contributed by atoms with Crippen LogP contribution in [0.25, 0.3) is 0 Å². The van der Waals surface area contributed by atoms with Gasteiger partial charge >= 0.3 is 0 Å². The zero-order chi connectivity index (χ0) is 11.6. The Morgan fingerprint density at radius 1 is 1.69 bits per heavy atom. The molecule has 1 aromatic rings. The third kappa shape index (κ3) is 4.84. The van der Waals surface area contributed by atoms with Gasteiger partial charge in [0.05, 0.1) is 6.33 Å². The number of aryl methyl sites for hydroxylation is 1. The van der Waals surface area contributed by atoms with Crippen molar-refractivity contribution in [1.29, 1.82) is 5.26 Å². The van der Waals surface area contributed by atoms with Gasteiger partial charge in [0.2, 0.25) is 0 Å². The molecule has 5 nitrogen and oxygen atoms in total.